The quantitative estimate of drug-likeness (QED) is 0.883. The van der Waals surface area contributed by atoms with Gasteiger partial charge in [0.25, 0.3) is 5.91 Å². The summed E-state index contributed by atoms with van der Waals surface area (Å²) in [5.74, 6) is 0.173. The summed E-state index contributed by atoms with van der Waals surface area (Å²) in [6.07, 6.45) is 1.10. The smallest absolute Gasteiger partial charge is 0.254 e. The van der Waals surface area contributed by atoms with Gasteiger partial charge in [0.05, 0.1) is 0 Å². The van der Waals surface area contributed by atoms with Gasteiger partial charge in [-0.1, -0.05) is 22.0 Å². The van der Waals surface area contributed by atoms with E-state index in [-0.39, 0.29) is 5.91 Å². The maximum Gasteiger partial charge on any atom is 0.254 e. The molecular weight excluding hydrogens is 330 g/mol. The molecule has 2 saturated heterocycles. The molecule has 0 bridgehead atoms. The van der Waals surface area contributed by atoms with Crippen molar-refractivity contribution in [3.05, 3.63) is 33.8 Å². The van der Waals surface area contributed by atoms with Gasteiger partial charge in [0.2, 0.25) is 0 Å². The van der Waals surface area contributed by atoms with E-state index in [1.165, 1.54) is 0 Å². The van der Waals surface area contributed by atoms with Crippen LogP contribution in [-0.4, -0.2) is 61.0 Å². The molecule has 5 heteroatoms. The zero-order chi connectivity index (χ0) is 14.8. The summed E-state index contributed by atoms with van der Waals surface area (Å²) >= 11 is 3.46. The van der Waals surface area contributed by atoms with E-state index < -0.39 is 0 Å². The van der Waals surface area contributed by atoms with Crippen molar-refractivity contribution in [2.24, 2.45) is 0 Å². The number of rotatable bonds is 2. The molecule has 2 aliphatic rings. The van der Waals surface area contributed by atoms with E-state index >= 15 is 0 Å². The van der Waals surface area contributed by atoms with E-state index in [4.69, 9.17) is 0 Å². The Bertz CT molecular complexity index is 528. The van der Waals surface area contributed by atoms with E-state index in [2.05, 4.69) is 26.1 Å². The Hall–Kier alpha value is -0.910. The summed E-state index contributed by atoms with van der Waals surface area (Å²) in [5, 5.41) is 3.38. The minimum atomic E-state index is 0.173. The highest BCUT2D eigenvalue weighted by molar-refractivity contribution is 9.10. The second-order valence-corrected chi connectivity index (χ2v) is 6.85. The lowest BCUT2D eigenvalue weighted by molar-refractivity contribution is 0.0772. The summed E-state index contributed by atoms with van der Waals surface area (Å²) in [6, 6.07) is 6.46. The van der Waals surface area contributed by atoms with E-state index in [0.29, 0.717) is 6.04 Å². The number of hydrogen-bond acceptors (Lipinski definition) is 3. The average molecular weight is 352 g/mol. The van der Waals surface area contributed by atoms with Gasteiger partial charge in [0.1, 0.15) is 0 Å². The van der Waals surface area contributed by atoms with Crippen molar-refractivity contribution >= 4 is 21.8 Å². The van der Waals surface area contributed by atoms with Gasteiger partial charge in [-0.05, 0) is 31.0 Å². The maximum atomic E-state index is 12.7. The predicted octanol–water partition coefficient (Wildman–Crippen LogP) is 1.88. The zero-order valence-corrected chi connectivity index (χ0v) is 14.0. The van der Waals surface area contributed by atoms with Crippen LogP contribution in [0.25, 0.3) is 0 Å². The molecule has 1 N–H and O–H groups in total. The van der Waals surface area contributed by atoms with Crippen LogP contribution in [0.2, 0.25) is 0 Å². The Morgan fingerprint density at radius 3 is 2.81 bits per heavy atom. The zero-order valence-electron chi connectivity index (χ0n) is 12.4. The van der Waals surface area contributed by atoms with Gasteiger partial charge in [0.15, 0.2) is 0 Å². The van der Waals surface area contributed by atoms with Gasteiger partial charge in [-0.25, -0.2) is 0 Å². The molecule has 2 fully saturated rings. The molecule has 2 aliphatic heterocycles. The van der Waals surface area contributed by atoms with Crippen LogP contribution >= 0.6 is 15.9 Å². The molecule has 0 saturated carbocycles. The second-order valence-electron chi connectivity index (χ2n) is 5.94. The first-order chi connectivity index (χ1) is 10.1. The Kier molecular flexibility index (Phi) is 4.62. The van der Waals surface area contributed by atoms with E-state index in [9.17, 15) is 4.79 Å². The van der Waals surface area contributed by atoms with E-state index in [0.717, 1.165) is 61.3 Å². The first-order valence-electron chi connectivity index (χ1n) is 7.65. The third-order valence-electron chi connectivity index (χ3n) is 4.55. The lowest BCUT2D eigenvalue weighted by atomic mass is 10.1. The fraction of sp³-hybridized carbons (Fsp3) is 0.562. The van der Waals surface area contributed by atoms with Gasteiger partial charge < -0.3 is 10.2 Å². The van der Waals surface area contributed by atoms with Crippen LogP contribution in [0.4, 0.5) is 0 Å². The van der Waals surface area contributed by atoms with Crippen molar-refractivity contribution in [2.45, 2.75) is 19.4 Å². The average Bonchev–Trinajstić information content (AvgIpc) is 3.00. The van der Waals surface area contributed by atoms with Crippen molar-refractivity contribution in [1.29, 1.82) is 0 Å². The number of nitrogens with zero attached hydrogens (tertiary/aromatic N) is 2. The molecule has 1 amide bonds. The third kappa shape index (κ3) is 3.30. The number of benzene rings is 1. The Balaban J connectivity index is 1.67. The number of piperazine rings is 1. The Morgan fingerprint density at radius 2 is 2.05 bits per heavy atom. The topological polar surface area (TPSA) is 35.6 Å². The van der Waals surface area contributed by atoms with Gasteiger partial charge in [-0.3, -0.25) is 9.69 Å². The molecule has 0 radical (unpaired) electrons. The summed E-state index contributed by atoms with van der Waals surface area (Å²) in [7, 11) is 0. The summed E-state index contributed by atoms with van der Waals surface area (Å²) in [5.41, 5.74) is 1.87. The van der Waals surface area contributed by atoms with Crippen molar-refractivity contribution in [2.75, 3.05) is 39.3 Å². The Morgan fingerprint density at radius 1 is 1.29 bits per heavy atom. The molecule has 0 aliphatic carbocycles. The van der Waals surface area contributed by atoms with Crippen LogP contribution in [0, 0.1) is 6.92 Å². The number of aryl methyl sites for hydroxylation is 1. The van der Waals surface area contributed by atoms with Crippen LogP contribution in [0.5, 0.6) is 0 Å². The molecule has 1 aromatic rings. The van der Waals surface area contributed by atoms with Crippen LogP contribution in [-0.2, 0) is 0 Å². The molecule has 3 rings (SSSR count). The SMILES string of the molecule is Cc1ccc(Br)cc1C(=O)N1CCC(N2CCNCC2)C1. The minimum Gasteiger partial charge on any atom is -0.337 e. The molecule has 4 nitrogen and oxygen atoms in total. The van der Waals surface area contributed by atoms with Crippen molar-refractivity contribution in [1.82, 2.24) is 15.1 Å². The number of amides is 1. The summed E-state index contributed by atoms with van der Waals surface area (Å²) in [6.45, 7) is 8.07. The molecular formula is C16H22BrN3O. The van der Waals surface area contributed by atoms with Gasteiger partial charge in [-0.15, -0.1) is 0 Å². The molecule has 0 aromatic heterocycles. The number of likely N-dealkylation sites (tertiary alicyclic amines) is 1. The van der Waals surface area contributed by atoms with Crippen molar-refractivity contribution in [3.63, 3.8) is 0 Å². The van der Waals surface area contributed by atoms with Gasteiger partial charge in [-0.2, -0.15) is 0 Å². The van der Waals surface area contributed by atoms with Gasteiger partial charge in [0, 0.05) is 55.3 Å². The van der Waals surface area contributed by atoms with E-state index in [1.807, 2.05) is 30.0 Å². The van der Waals surface area contributed by atoms with Crippen molar-refractivity contribution < 1.29 is 4.79 Å². The highest BCUT2D eigenvalue weighted by Gasteiger charge is 2.31. The summed E-state index contributed by atoms with van der Waals surface area (Å²) in [4.78, 5) is 17.3. The minimum absolute atomic E-state index is 0.173. The Labute approximate surface area is 134 Å². The number of hydrogen-bond donors (Lipinski definition) is 1. The molecule has 1 atom stereocenters. The summed E-state index contributed by atoms with van der Waals surface area (Å²) < 4.78 is 0.967. The van der Waals surface area contributed by atoms with Crippen LogP contribution in [0.15, 0.2) is 22.7 Å². The van der Waals surface area contributed by atoms with Crippen LogP contribution < -0.4 is 5.32 Å². The second kappa shape index (κ2) is 6.46. The lowest BCUT2D eigenvalue weighted by Gasteiger charge is -2.32. The molecule has 21 heavy (non-hydrogen) atoms. The molecule has 114 valence electrons. The van der Waals surface area contributed by atoms with Crippen LogP contribution in [0.3, 0.4) is 0 Å². The molecule has 0 spiro atoms. The number of halogens is 1. The first-order valence-corrected chi connectivity index (χ1v) is 8.44. The molecule has 1 unspecified atom stereocenters. The number of nitrogens with one attached hydrogen (secondary N) is 1. The predicted molar refractivity (Wildman–Crippen MR) is 87.6 cm³/mol. The third-order valence-corrected chi connectivity index (χ3v) is 5.04. The monoisotopic (exact) mass is 351 g/mol. The fourth-order valence-electron chi connectivity index (χ4n) is 3.27. The largest absolute Gasteiger partial charge is 0.337 e. The van der Waals surface area contributed by atoms with Crippen LogP contribution in [0.1, 0.15) is 22.3 Å². The highest BCUT2D eigenvalue weighted by atomic mass is 79.9. The highest BCUT2D eigenvalue weighted by Crippen LogP contribution is 2.22. The number of carbonyl (C=O) groups excluding carboxylic acids is 1. The normalized spacial score (nSPS) is 23.5. The fourth-order valence-corrected chi connectivity index (χ4v) is 3.63. The molecule has 1 aromatic carbocycles. The lowest BCUT2D eigenvalue weighted by Crippen LogP contribution is -2.49. The van der Waals surface area contributed by atoms with Gasteiger partial charge >= 0.3 is 0 Å². The molecule has 2 heterocycles. The number of carbonyl (C=O) groups is 1. The maximum absolute atomic E-state index is 12.7. The standard InChI is InChI=1S/C16H22BrN3O/c1-12-2-3-13(17)10-15(12)16(21)20-7-4-14(11-20)19-8-5-18-6-9-19/h2-3,10,14,18H,4-9,11H2,1H3. The first kappa shape index (κ1) is 15.0. The van der Waals surface area contributed by atoms with E-state index in [1.54, 1.807) is 0 Å². The van der Waals surface area contributed by atoms with Crippen molar-refractivity contribution in [3.8, 4) is 0 Å².